The molecule has 0 aliphatic heterocycles. The Morgan fingerprint density at radius 2 is 2.00 bits per heavy atom. The number of urea groups is 1. The van der Waals surface area contributed by atoms with Gasteiger partial charge in [-0.1, -0.05) is 19.1 Å². The van der Waals surface area contributed by atoms with Crippen LogP contribution in [0, 0.1) is 18.7 Å². The number of hydrogen-bond donors (Lipinski definition) is 3. The first-order chi connectivity index (χ1) is 9.79. The first kappa shape index (κ1) is 17.4. The summed E-state index contributed by atoms with van der Waals surface area (Å²) in [5.41, 5.74) is 1.31. The lowest BCUT2D eigenvalue weighted by atomic mass is 10.0. The first-order valence-corrected chi connectivity index (χ1v) is 7.28. The van der Waals surface area contributed by atoms with Crippen molar-refractivity contribution in [2.75, 3.05) is 6.54 Å². The maximum absolute atomic E-state index is 13.5. The highest BCUT2D eigenvalue weighted by molar-refractivity contribution is 5.74. The summed E-state index contributed by atoms with van der Waals surface area (Å²) in [5.74, 6) is -0.0741. The zero-order valence-electron chi connectivity index (χ0n) is 13.1. The van der Waals surface area contributed by atoms with Crippen LogP contribution in [-0.2, 0) is 0 Å². The minimum absolute atomic E-state index is 0.197. The molecule has 1 rings (SSSR count). The number of amides is 2. The van der Waals surface area contributed by atoms with Crippen LogP contribution in [-0.4, -0.2) is 23.8 Å². The Morgan fingerprint density at radius 1 is 1.33 bits per heavy atom. The standard InChI is InChI=1S/C16H25FN2O2/c1-10(7-12(3)20)9-18-16(21)19-13(4)14-6-5-11(2)15(17)8-14/h5-6,8,10,12-13,20H,7,9H2,1-4H3,(H2,18,19,21). The normalized spacial score (nSPS) is 15.1. The first-order valence-electron chi connectivity index (χ1n) is 7.28. The van der Waals surface area contributed by atoms with Crippen molar-refractivity contribution in [3.8, 4) is 0 Å². The summed E-state index contributed by atoms with van der Waals surface area (Å²) >= 11 is 0. The fraction of sp³-hybridized carbons (Fsp3) is 0.562. The molecule has 0 saturated carbocycles. The highest BCUT2D eigenvalue weighted by atomic mass is 19.1. The molecular weight excluding hydrogens is 271 g/mol. The van der Waals surface area contributed by atoms with Crippen molar-refractivity contribution in [3.05, 3.63) is 35.1 Å². The Hall–Kier alpha value is -1.62. The average molecular weight is 296 g/mol. The second kappa shape index (κ2) is 7.98. The molecule has 0 spiro atoms. The van der Waals surface area contributed by atoms with Crippen LogP contribution in [0.1, 0.15) is 44.4 Å². The molecule has 0 radical (unpaired) electrons. The van der Waals surface area contributed by atoms with Gasteiger partial charge < -0.3 is 15.7 Å². The molecule has 1 aromatic carbocycles. The van der Waals surface area contributed by atoms with Crippen LogP contribution in [0.2, 0.25) is 0 Å². The summed E-state index contributed by atoms with van der Waals surface area (Å²) in [6.07, 6.45) is 0.262. The Kier molecular flexibility index (Phi) is 6.62. The molecule has 0 aliphatic rings. The Balaban J connectivity index is 2.45. The molecule has 1 aromatic rings. The fourth-order valence-corrected chi connectivity index (χ4v) is 2.14. The van der Waals surface area contributed by atoms with Gasteiger partial charge in [-0.25, -0.2) is 9.18 Å². The van der Waals surface area contributed by atoms with Gasteiger partial charge in [-0.05, 0) is 50.3 Å². The predicted molar refractivity (Wildman–Crippen MR) is 81.5 cm³/mol. The van der Waals surface area contributed by atoms with Crippen LogP contribution in [0.4, 0.5) is 9.18 Å². The van der Waals surface area contributed by atoms with Crippen molar-refractivity contribution >= 4 is 6.03 Å². The maximum atomic E-state index is 13.5. The van der Waals surface area contributed by atoms with E-state index in [1.807, 2.05) is 13.8 Å². The number of aryl methyl sites for hydroxylation is 1. The average Bonchev–Trinajstić information content (AvgIpc) is 2.38. The minimum atomic E-state index is -0.376. The predicted octanol–water partition coefficient (Wildman–Crippen LogP) is 2.90. The van der Waals surface area contributed by atoms with Crippen LogP contribution in [0.15, 0.2) is 18.2 Å². The van der Waals surface area contributed by atoms with E-state index in [4.69, 9.17) is 0 Å². The fourth-order valence-electron chi connectivity index (χ4n) is 2.14. The number of carbonyl (C=O) groups excluding carboxylic acids is 1. The van der Waals surface area contributed by atoms with Gasteiger partial charge in [0.25, 0.3) is 0 Å². The van der Waals surface area contributed by atoms with Crippen molar-refractivity contribution in [3.63, 3.8) is 0 Å². The molecule has 0 aromatic heterocycles. The van der Waals surface area contributed by atoms with E-state index in [9.17, 15) is 14.3 Å². The van der Waals surface area contributed by atoms with Crippen LogP contribution >= 0.6 is 0 Å². The highest BCUT2D eigenvalue weighted by Gasteiger charge is 2.12. The van der Waals surface area contributed by atoms with E-state index in [0.29, 0.717) is 18.5 Å². The number of nitrogens with one attached hydrogen (secondary N) is 2. The van der Waals surface area contributed by atoms with Crippen LogP contribution < -0.4 is 10.6 Å². The Labute approximate surface area is 125 Å². The van der Waals surface area contributed by atoms with Gasteiger partial charge in [-0.3, -0.25) is 0 Å². The van der Waals surface area contributed by atoms with Gasteiger partial charge in [0.2, 0.25) is 0 Å². The number of carbonyl (C=O) groups is 1. The quantitative estimate of drug-likeness (QED) is 0.756. The van der Waals surface area contributed by atoms with Crippen molar-refractivity contribution in [2.45, 2.75) is 46.3 Å². The van der Waals surface area contributed by atoms with E-state index in [1.54, 1.807) is 26.0 Å². The molecule has 118 valence electrons. The summed E-state index contributed by atoms with van der Waals surface area (Å²) in [7, 11) is 0. The molecule has 0 saturated heterocycles. The van der Waals surface area contributed by atoms with E-state index in [-0.39, 0.29) is 29.9 Å². The van der Waals surface area contributed by atoms with E-state index in [2.05, 4.69) is 10.6 Å². The lowest BCUT2D eigenvalue weighted by Crippen LogP contribution is -2.39. The van der Waals surface area contributed by atoms with Gasteiger partial charge >= 0.3 is 6.03 Å². The highest BCUT2D eigenvalue weighted by Crippen LogP contribution is 2.16. The van der Waals surface area contributed by atoms with Crippen molar-refractivity contribution < 1.29 is 14.3 Å². The number of rotatable bonds is 6. The molecule has 3 N–H and O–H groups in total. The van der Waals surface area contributed by atoms with E-state index >= 15 is 0 Å². The summed E-state index contributed by atoms with van der Waals surface area (Å²) in [6.45, 7) is 7.69. The largest absolute Gasteiger partial charge is 0.393 e. The third-order valence-corrected chi connectivity index (χ3v) is 3.40. The van der Waals surface area contributed by atoms with Crippen LogP contribution in [0.3, 0.4) is 0 Å². The molecule has 0 bridgehead atoms. The van der Waals surface area contributed by atoms with Crippen molar-refractivity contribution in [1.82, 2.24) is 10.6 Å². The number of benzene rings is 1. The van der Waals surface area contributed by atoms with Crippen molar-refractivity contribution in [2.24, 2.45) is 5.92 Å². The molecule has 0 aliphatic carbocycles. The van der Waals surface area contributed by atoms with Crippen LogP contribution in [0.25, 0.3) is 0 Å². The Morgan fingerprint density at radius 3 is 2.57 bits per heavy atom. The molecule has 0 heterocycles. The van der Waals surface area contributed by atoms with Crippen LogP contribution in [0.5, 0.6) is 0 Å². The molecule has 21 heavy (non-hydrogen) atoms. The van der Waals surface area contributed by atoms with E-state index in [0.717, 1.165) is 5.56 Å². The SMILES string of the molecule is Cc1ccc(C(C)NC(=O)NCC(C)CC(C)O)cc1F. The summed E-state index contributed by atoms with van der Waals surface area (Å²) in [5, 5.41) is 14.8. The lowest BCUT2D eigenvalue weighted by molar-refractivity contribution is 0.163. The van der Waals surface area contributed by atoms with Gasteiger partial charge in [0.1, 0.15) is 5.82 Å². The third kappa shape index (κ3) is 6.12. The van der Waals surface area contributed by atoms with E-state index < -0.39 is 0 Å². The Bertz CT molecular complexity index is 477. The molecule has 5 heteroatoms. The number of halogens is 1. The molecule has 2 amide bonds. The van der Waals surface area contributed by atoms with Crippen molar-refractivity contribution in [1.29, 1.82) is 0 Å². The summed E-state index contributed by atoms with van der Waals surface area (Å²) in [6, 6.07) is 4.38. The number of hydrogen-bond acceptors (Lipinski definition) is 2. The zero-order valence-corrected chi connectivity index (χ0v) is 13.1. The molecule has 3 atom stereocenters. The minimum Gasteiger partial charge on any atom is -0.393 e. The molecular formula is C16H25FN2O2. The second-order valence-electron chi connectivity index (χ2n) is 5.77. The topological polar surface area (TPSA) is 61.4 Å². The monoisotopic (exact) mass is 296 g/mol. The lowest BCUT2D eigenvalue weighted by Gasteiger charge is -2.18. The summed E-state index contributed by atoms with van der Waals surface area (Å²) < 4.78 is 13.5. The van der Waals surface area contributed by atoms with E-state index in [1.165, 1.54) is 6.07 Å². The number of aliphatic hydroxyl groups is 1. The molecule has 0 fully saturated rings. The second-order valence-corrected chi connectivity index (χ2v) is 5.77. The smallest absolute Gasteiger partial charge is 0.315 e. The van der Waals surface area contributed by atoms with Gasteiger partial charge in [-0.2, -0.15) is 0 Å². The number of aliphatic hydroxyl groups excluding tert-OH is 1. The molecule has 4 nitrogen and oxygen atoms in total. The van der Waals surface area contributed by atoms with Gasteiger partial charge in [0.05, 0.1) is 12.1 Å². The zero-order chi connectivity index (χ0) is 16.0. The molecule has 3 unspecified atom stereocenters. The van der Waals surface area contributed by atoms with Gasteiger partial charge in [-0.15, -0.1) is 0 Å². The maximum Gasteiger partial charge on any atom is 0.315 e. The third-order valence-electron chi connectivity index (χ3n) is 3.40. The van der Waals surface area contributed by atoms with Gasteiger partial charge in [0, 0.05) is 6.54 Å². The van der Waals surface area contributed by atoms with Gasteiger partial charge in [0.15, 0.2) is 0 Å². The summed E-state index contributed by atoms with van der Waals surface area (Å²) in [4.78, 5) is 11.8.